The highest BCUT2D eigenvalue weighted by Gasteiger charge is 2.19. The lowest BCUT2D eigenvalue weighted by Crippen LogP contribution is -2.23. The molecule has 0 spiro atoms. The molecule has 0 aliphatic heterocycles. The van der Waals surface area contributed by atoms with Crippen LogP contribution in [0.3, 0.4) is 0 Å². The van der Waals surface area contributed by atoms with Gasteiger partial charge < -0.3 is 0 Å². The maximum atomic E-state index is 12.5. The fourth-order valence-corrected chi connectivity index (χ4v) is 3.92. The van der Waals surface area contributed by atoms with Crippen molar-refractivity contribution >= 4 is 21.6 Å². The maximum absolute atomic E-state index is 12.5. The highest BCUT2D eigenvalue weighted by molar-refractivity contribution is 7.18. The number of aryl methyl sites for hydroxylation is 2. The normalized spacial score (nSPS) is 15.3. The van der Waals surface area contributed by atoms with Crippen molar-refractivity contribution in [1.29, 1.82) is 0 Å². The first-order valence-electron chi connectivity index (χ1n) is 6.66. The van der Waals surface area contributed by atoms with Crippen molar-refractivity contribution in [3.63, 3.8) is 0 Å². The minimum absolute atomic E-state index is 0.160. The molecular formula is C14H18N2OS. The summed E-state index contributed by atoms with van der Waals surface area (Å²) in [7, 11) is 0. The zero-order valence-corrected chi connectivity index (χ0v) is 11.7. The fourth-order valence-electron chi connectivity index (χ4n) is 2.70. The lowest BCUT2D eigenvalue weighted by atomic mass is 9.97. The summed E-state index contributed by atoms with van der Waals surface area (Å²) in [6.07, 6.45) is 6.35. The Kier molecular flexibility index (Phi) is 2.98. The zero-order chi connectivity index (χ0) is 12.7. The Morgan fingerprint density at radius 2 is 2.17 bits per heavy atom. The Balaban J connectivity index is 2.21. The van der Waals surface area contributed by atoms with E-state index in [9.17, 15) is 4.79 Å². The second-order valence-electron chi connectivity index (χ2n) is 5.49. The summed E-state index contributed by atoms with van der Waals surface area (Å²) in [4.78, 5) is 19.3. The summed E-state index contributed by atoms with van der Waals surface area (Å²) in [6.45, 7) is 5.01. The molecule has 96 valence electrons. The van der Waals surface area contributed by atoms with Gasteiger partial charge in [0.1, 0.15) is 4.83 Å². The Bertz CT molecular complexity index is 639. The van der Waals surface area contributed by atoms with Gasteiger partial charge in [-0.3, -0.25) is 9.36 Å². The summed E-state index contributed by atoms with van der Waals surface area (Å²) in [6, 6.07) is 0. The van der Waals surface area contributed by atoms with Crippen LogP contribution in [0, 0.1) is 5.92 Å². The highest BCUT2D eigenvalue weighted by Crippen LogP contribution is 2.33. The van der Waals surface area contributed by atoms with E-state index < -0.39 is 0 Å². The van der Waals surface area contributed by atoms with Gasteiger partial charge >= 0.3 is 0 Å². The average molecular weight is 262 g/mol. The lowest BCUT2D eigenvalue weighted by Gasteiger charge is -2.11. The SMILES string of the molecule is CC(C)Cn1cnc2sc3c(c2c1=O)CCCC3. The molecule has 1 aliphatic carbocycles. The molecule has 0 aromatic carbocycles. The van der Waals surface area contributed by atoms with Crippen LogP contribution in [0.5, 0.6) is 0 Å². The standard InChI is InChI=1S/C14H18N2OS/c1-9(2)7-16-8-15-13-12(14(16)17)10-5-3-4-6-11(10)18-13/h8-9H,3-7H2,1-2H3. The van der Waals surface area contributed by atoms with Gasteiger partial charge in [-0.1, -0.05) is 13.8 Å². The van der Waals surface area contributed by atoms with Crippen LogP contribution in [0.25, 0.3) is 10.2 Å². The van der Waals surface area contributed by atoms with Crippen molar-refractivity contribution in [2.75, 3.05) is 0 Å². The number of nitrogens with zero attached hydrogens (tertiary/aromatic N) is 2. The molecule has 0 saturated heterocycles. The predicted octanol–water partition coefficient (Wildman–Crippen LogP) is 2.99. The second kappa shape index (κ2) is 4.50. The minimum Gasteiger partial charge on any atom is -0.298 e. The Morgan fingerprint density at radius 3 is 2.94 bits per heavy atom. The van der Waals surface area contributed by atoms with Gasteiger partial charge in [0.2, 0.25) is 0 Å². The third kappa shape index (κ3) is 1.88. The van der Waals surface area contributed by atoms with Crippen LogP contribution < -0.4 is 5.56 Å². The summed E-state index contributed by atoms with van der Waals surface area (Å²) in [5, 5.41) is 0.901. The molecule has 4 heteroatoms. The van der Waals surface area contributed by atoms with Crippen molar-refractivity contribution in [3.8, 4) is 0 Å². The smallest absolute Gasteiger partial charge is 0.262 e. The molecule has 0 N–H and O–H groups in total. The third-order valence-electron chi connectivity index (χ3n) is 3.50. The third-order valence-corrected chi connectivity index (χ3v) is 4.70. The molecule has 2 aromatic rings. The Hall–Kier alpha value is -1.16. The molecule has 3 nitrogen and oxygen atoms in total. The zero-order valence-electron chi connectivity index (χ0n) is 10.9. The Labute approximate surface area is 110 Å². The summed E-state index contributed by atoms with van der Waals surface area (Å²) in [5.41, 5.74) is 1.45. The first-order valence-corrected chi connectivity index (χ1v) is 7.48. The van der Waals surface area contributed by atoms with Gasteiger partial charge in [-0.05, 0) is 37.2 Å². The van der Waals surface area contributed by atoms with Gasteiger partial charge in [0.25, 0.3) is 5.56 Å². The largest absolute Gasteiger partial charge is 0.298 e. The van der Waals surface area contributed by atoms with Gasteiger partial charge in [0, 0.05) is 11.4 Å². The van der Waals surface area contributed by atoms with Crippen molar-refractivity contribution in [3.05, 3.63) is 27.1 Å². The number of hydrogen-bond acceptors (Lipinski definition) is 3. The molecule has 0 unspecified atom stereocenters. The van der Waals surface area contributed by atoms with Crippen LogP contribution in [0.2, 0.25) is 0 Å². The van der Waals surface area contributed by atoms with Crippen LogP contribution in [0.15, 0.2) is 11.1 Å². The molecular weight excluding hydrogens is 244 g/mol. The van der Waals surface area contributed by atoms with Crippen molar-refractivity contribution < 1.29 is 0 Å². The number of aromatic nitrogens is 2. The lowest BCUT2D eigenvalue weighted by molar-refractivity contribution is 0.508. The van der Waals surface area contributed by atoms with Crippen molar-refractivity contribution in [2.45, 2.75) is 46.1 Å². The molecule has 2 aromatic heterocycles. The van der Waals surface area contributed by atoms with Gasteiger partial charge in [0.15, 0.2) is 0 Å². The fraction of sp³-hybridized carbons (Fsp3) is 0.571. The molecule has 0 atom stereocenters. The summed E-state index contributed by atoms with van der Waals surface area (Å²) >= 11 is 1.72. The van der Waals surface area contributed by atoms with E-state index in [1.54, 1.807) is 22.2 Å². The number of thiophene rings is 1. The van der Waals surface area contributed by atoms with Gasteiger partial charge in [0.05, 0.1) is 11.7 Å². The van der Waals surface area contributed by atoms with E-state index in [0.29, 0.717) is 5.92 Å². The number of hydrogen-bond donors (Lipinski definition) is 0. The van der Waals surface area contributed by atoms with Crippen LogP contribution in [-0.2, 0) is 19.4 Å². The van der Waals surface area contributed by atoms with Gasteiger partial charge in [-0.2, -0.15) is 0 Å². The first-order chi connectivity index (χ1) is 8.66. The molecule has 0 bridgehead atoms. The first kappa shape index (κ1) is 11.9. The van der Waals surface area contributed by atoms with Gasteiger partial charge in [-0.25, -0.2) is 4.98 Å². The summed E-state index contributed by atoms with van der Waals surface area (Å²) < 4.78 is 1.77. The van der Waals surface area contributed by atoms with Crippen LogP contribution >= 0.6 is 11.3 Å². The van der Waals surface area contributed by atoms with Crippen molar-refractivity contribution in [2.24, 2.45) is 5.92 Å². The van der Waals surface area contributed by atoms with E-state index in [4.69, 9.17) is 0 Å². The Morgan fingerprint density at radius 1 is 1.39 bits per heavy atom. The second-order valence-corrected chi connectivity index (χ2v) is 6.57. The highest BCUT2D eigenvalue weighted by atomic mass is 32.1. The molecule has 0 fully saturated rings. The quantitative estimate of drug-likeness (QED) is 0.834. The minimum atomic E-state index is 0.160. The molecule has 1 aliphatic rings. The predicted molar refractivity (Wildman–Crippen MR) is 75.4 cm³/mol. The van der Waals surface area contributed by atoms with Gasteiger partial charge in [-0.15, -0.1) is 11.3 Å². The van der Waals surface area contributed by atoms with E-state index in [2.05, 4.69) is 18.8 Å². The maximum Gasteiger partial charge on any atom is 0.262 e. The van der Waals surface area contributed by atoms with E-state index in [-0.39, 0.29) is 5.56 Å². The number of fused-ring (bicyclic) bond motifs is 3. The van der Waals surface area contributed by atoms with E-state index in [1.807, 2.05) is 0 Å². The average Bonchev–Trinajstić information content (AvgIpc) is 2.71. The molecule has 3 rings (SSSR count). The molecule has 2 heterocycles. The van der Waals surface area contributed by atoms with Crippen molar-refractivity contribution in [1.82, 2.24) is 9.55 Å². The molecule has 0 saturated carbocycles. The molecule has 0 radical (unpaired) electrons. The van der Waals surface area contributed by atoms with E-state index >= 15 is 0 Å². The van der Waals surface area contributed by atoms with Crippen LogP contribution in [0.4, 0.5) is 0 Å². The topological polar surface area (TPSA) is 34.9 Å². The van der Waals surface area contributed by atoms with E-state index in [0.717, 1.165) is 29.6 Å². The number of rotatable bonds is 2. The summed E-state index contributed by atoms with van der Waals surface area (Å²) in [5.74, 6) is 0.469. The van der Waals surface area contributed by atoms with Crippen LogP contribution in [-0.4, -0.2) is 9.55 Å². The monoisotopic (exact) mass is 262 g/mol. The molecule has 18 heavy (non-hydrogen) atoms. The molecule has 0 amide bonds. The van der Waals surface area contributed by atoms with Crippen LogP contribution in [0.1, 0.15) is 37.1 Å². The van der Waals surface area contributed by atoms with E-state index in [1.165, 1.54) is 23.3 Å².